The maximum absolute atomic E-state index is 12.9. The summed E-state index contributed by atoms with van der Waals surface area (Å²) in [4.78, 5) is 19.9. The van der Waals surface area contributed by atoms with Crippen LogP contribution >= 0.6 is 11.6 Å². The van der Waals surface area contributed by atoms with Crippen LogP contribution in [0.5, 0.6) is 0 Å². The van der Waals surface area contributed by atoms with Crippen molar-refractivity contribution in [3.63, 3.8) is 0 Å². The predicted octanol–water partition coefficient (Wildman–Crippen LogP) is 3.25. The van der Waals surface area contributed by atoms with E-state index in [1.54, 1.807) is 18.2 Å². The summed E-state index contributed by atoms with van der Waals surface area (Å²) in [5.74, 6) is -1.08. The molecule has 0 aliphatic heterocycles. The number of nitrogens with zero attached hydrogens (tertiary/aromatic N) is 4. The van der Waals surface area contributed by atoms with Crippen LogP contribution in [-0.4, -0.2) is 37.0 Å². The topological polar surface area (TPSA) is 88.0 Å². The number of hydrogen-bond acceptors (Lipinski definition) is 4. The van der Waals surface area contributed by atoms with E-state index in [2.05, 4.69) is 25.5 Å². The third kappa shape index (κ3) is 3.38. The summed E-state index contributed by atoms with van der Waals surface area (Å²) in [6.07, 6.45) is -3.10. The van der Waals surface area contributed by atoms with Crippen molar-refractivity contribution in [2.24, 2.45) is 0 Å². The number of H-pyrrole nitrogens is 1. The molecular formula is C17H12ClF3N6O. The van der Waals surface area contributed by atoms with Crippen molar-refractivity contribution in [1.29, 1.82) is 0 Å². The fraction of sp³-hybridized carbons (Fsp3) is 0.176. The van der Waals surface area contributed by atoms with Gasteiger partial charge in [0.05, 0.1) is 16.6 Å². The predicted molar refractivity (Wildman–Crippen MR) is 95.1 cm³/mol. The number of benzene rings is 1. The Morgan fingerprint density at radius 1 is 1.25 bits per heavy atom. The first-order valence-corrected chi connectivity index (χ1v) is 8.54. The summed E-state index contributed by atoms with van der Waals surface area (Å²) in [6, 6.07) is 7.98. The Morgan fingerprint density at radius 2 is 2.07 bits per heavy atom. The highest BCUT2D eigenvalue weighted by molar-refractivity contribution is 6.31. The molecular weight excluding hydrogens is 397 g/mol. The molecule has 4 aromatic rings. The summed E-state index contributed by atoms with van der Waals surface area (Å²) in [7, 11) is 0. The van der Waals surface area contributed by atoms with E-state index in [0.29, 0.717) is 17.3 Å². The van der Waals surface area contributed by atoms with Gasteiger partial charge in [0.2, 0.25) is 5.82 Å². The van der Waals surface area contributed by atoms with Crippen molar-refractivity contribution in [3.05, 3.63) is 58.8 Å². The Labute approximate surface area is 160 Å². The Bertz CT molecular complexity index is 1180. The molecule has 11 heteroatoms. The van der Waals surface area contributed by atoms with E-state index < -0.39 is 17.9 Å². The molecule has 0 spiro atoms. The number of carbonyl (C=O) groups excluding carboxylic acids is 1. The molecule has 7 nitrogen and oxygen atoms in total. The average molecular weight is 409 g/mol. The van der Waals surface area contributed by atoms with Gasteiger partial charge in [0.15, 0.2) is 5.65 Å². The van der Waals surface area contributed by atoms with Crippen LogP contribution < -0.4 is 5.32 Å². The van der Waals surface area contributed by atoms with Crippen molar-refractivity contribution in [1.82, 2.24) is 29.9 Å². The number of carbonyl (C=O) groups is 1. The minimum absolute atomic E-state index is 0.00175. The van der Waals surface area contributed by atoms with Crippen LogP contribution in [0.2, 0.25) is 5.02 Å². The summed E-state index contributed by atoms with van der Waals surface area (Å²) >= 11 is 5.93. The first kappa shape index (κ1) is 18.2. The smallest absolute Gasteiger partial charge is 0.351 e. The number of aromatic amines is 1. The van der Waals surface area contributed by atoms with Crippen molar-refractivity contribution in [3.8, 4) is 0 Å². The minimum atomic E-state index is -4.67. The van der Waals surface area contributed by atoms with Gasteiger partial charge >= 0.3 is 6.18 Å². The zero-order valence-corrected chi connectivity index (χ0v) is 14.8. The number of amides is 1. The summed E-state index contributed by atoms with van der Waals surface area (Å²) in [5.41, 5.74) is 1.37. The van der Waals surface area contributed by atoms with E-state index in [1.165, 1.54) is 12.1 Å². The van der Waals surface area contributed by atoms with Gasteiger partial charge in [-0.15, -0.1) is 10.2 Å². The van der Waals surface area contributed by atoms with Crippen LogP contribution in [-0.2, 0) is 12.6 Å². The molecule has 3 heterocycles. The zero-order chi connectivity index (χ0) is 19.9. The second-order valence-electron chi connectivity index (χ2n) is 5.99. The van der Waals surface area contributed by atoms with Gasteiger partial charge in [-0.2, -0.15) is 13.2 Å². The maximum Gasteiger partial charge on any atom is 0.452 e. The second-order valence-corrected chi connectivity index (χ2v) is 6.42. The number of nitrogens with one attached hydrogen (secondary N) is 2. The standard InChI is InChI=1S/C17H12ClF3N6O/c18-9-3-4-11-12(8-9)24-13(23-11)5-6-22-15(28)10-2-1-7-27-14(10)25-26-16(27)17(19,20)21/h1-4,7-8H,5-6H2,(H,22,28)(H,23,24). The van der Waals surface area contributed by atoms with Gasteiger partial charge in [-0.25, -0.2) is 4.98 Å². The van der Waals surface area contributed by atoms with Crippen LogP contribution in [0.3, 0.4) is 0 Å². The molecule has 0 saturated carbocycles. The molecule has 0 aliphatic carbocycles. The van der Waals surface area contributed by atoms with Gasteiger partial charge in [-0.3, -0.25) is 9.20 Å². The summed E-state index contributed by atoms with van der Waals surface area (Å²) in [5, 5.41) is 9.90. The van der Waals surface area contributed by atoms with Crippen LogP contribution in [0.1, 0.15) is 22.0 Å². The Hall–Kier alpha value is -3.14. The largest absolute Gasteiger partial charge is 0.452 e. The van der Waals surface area contributed by atoms with E-state index >= 15 is 0 Å². The Morgan fingerprint density at radius 3 is 2.86 bits per heavy atom. The number of aromatic nitrogens is 5. The molecule has 3 aromatic heterocycles. The van der Waals surface area contributed by atoms with Crippen molar-refractivity contribution in [2.45, 2.75) is 12.6 Å². The quantitative estimate of drug-likeness (QED) is 0.542. The molecule has 2 N–H and O–H groups in total. The minimum Gasteiger partial charge on any atom is -0.351 e. The lowest BCUT2D eigenvalue weighted by atomic mass is 10.2. The fourth-order valence-electron chi connectivity index (χ4n) is 2.83. The highest BCUT2D eigenvalue weighted by Crippen LogP contribution is 2.28. The summed E-state index contributed by atoms with van der Waals surface area (Å²) in [6.45, 7) is 0.230. The molecule has 28 heavy (non-hydrogen) atoms. The van der Waals surface area contributed by atoms with E-state index in [1.807, 2.05) is 0 Å². The number of imidazole rings is 1. The molecule has 144 valence electrons. The number of rotatable bonds is 4. The lowest BCUT2D eigenvalue weighted by molar-refractivity contribution is -0.145. The van der Waals surface area contributed by atoms with Crippen LogP contribution in [0.15, 0.2) is 36.5 Å². The monoisotopic (exact) mass is 408 g/mol. The number of pyridine rings is 1. The van der Waals surface area contributed by atoms with Gasteiger partial charge in [0, 0.05) is 24.2 Å². The highest BCUT2D eigenvalue weighted by Gasteiger charge is 2.37. The zero-order valence-electron chi connectivity index (χ0n) is 14.1. The molecule has 0 atom stereocenters. The number of alkyl halides is 3. The van der Waals surface area contributed by atoms with E-state index in [9.17, 15) is 18.0 Å². The first-order chi connectivity index (χ1) is 13.3. The lowest BCUT2D eigenvalue weighted by Crippen LogP contribution is -2.26. The number of halogens is 4. The third-order valence-electron chi connectivity index (χ3n) is 4.07. The van der Waals surface area contributed by atoms with E-state index in [0.717, 1.165) is 21.6 Å². The average Bonchev–Trinajstić information content (AvgIpc) is 3.24. The van der Waals surface area contributed by atoms with E-state index in [4.69, 9.17) is 11.6 Å². The van der Waals surface area contributed by atoms with Gasteiger partial charge < -0.3 is 10.3 Å². The van der Waals surface area contributed by atoms with Crippen molar-refractivity contribution >= 4 is 34.2 Å². The van der Waals surface area contributed by atoms with Gasteiger partial charge in [0.1, 0.15) is 5.82 Å². The third-order valence-corrected chi connectivity index (χ3v) is 4.31. The van der Waals surface area contributed by atoms with Crippen LogP contribution in [0, 0.1) is 0 Å². The molecule has 0 bridgehead atoms. The number of hydrogen-bond donors (Lipinski definition) is 2. The normalized spacial score (nSPS) is 12.0. The molecule has 0 aliphatic rings. The first-order valence-electron chi connectivity index (χ1n) is 8.16. The van der Waals surface area contributed by atoms with E-state index in [-0.39, 0.29) is 17.8 Å². The van der Waals surface area contributed by atoms with Crippen molar-refractivity contribution in [2.75, 3.05) is 6.54 Å². The molecule has 0 radical (unpaired) electrons. The molecule has 0 unspecified atom stereocenters. The molecule has 1 amide bonds. The second kappa shape index (κ2) is 6.79. The SMILES string of the molecule is O=C(NCCc1nc2ccc(Cl)cc2[nH]1)c1cccn2c(C(F)(F)F)nnc12. The fourth-order valence-corrected chi connectivity index (χ4v) is 3.00. The Balaban J connectivity index is 1.48. The van der Waals surface area contributed by atoms with Crippen LogP contribution in [0.25, 0.3) is 16.7 Å². The molecule has 4 rings (SSSR count). The number of fused-ring (bicyclic) bond motifs is 2. The van der Waals surface area contributed by atoms with Gasteiger partial charge in [-0.05, 0) is 30.3 Å². The lowest BCUT2D eigenvalue weighted by Gasteiger charge is -2.07. The van der Waals surface area contributed by atoms with Gasteiger partial charge in [0.25, 0.3) is 5.91 Å². The van der Waals surface area contributed by atoms with Gasteiger partial charge in [-0.1, -0.05) is 11.6 Å². The molecule has 0 saturated heterocycles. The maximum atomic E-state index is 12.9. The molecule has 0 fully saturated rings. The summed E-state index contributed by atoms with van der Waals surface area (Å²) < 4.78 is 39.6. The Kier molecular flexibility index (Phi) is 4.42. The van der Waals surface area contributed by atoms with Crippen LogP contribution in [0.4, 0.5) is 13.2 Å². The van der Waals surface area contributed by atoms with Crippen molar-refractivity contribution < 1.29 is 18.0 Å². The molecule has 1 aromatic carbocycles. The highest BCUT2D eigenvalue weighted by atomic mass is 35.5.